The van der Waals surface area contributed by atoms with Gasteiger partial charge in [-0.15, -0.1) is 11.3 Å². The molecule has 3 aromatic heterocycles. The summed E-state index contributed by atoms with van der Waals surface area (Å²) in [5.41, 5.74) is 0.883. The minimum atomic E-state index is -3.75. The first kappa shape index (κ1) is 15.9. The van der Waals surface area contributed by atoms with Gasteiger partial charge in [-0.3, -0.25) is 5.10 Å². The Labute approximate surface area is 140 Å². The molecule has 0 saturated carbocycles. The zero-order valence-corrected chi connectivity index (χ0v) is 14.1. The minimum absolute atomic E-state index is 0.0449. The molecule has 0 bridgehead atoms. The average molecular weight is 371 g/mol. The van der Waals surface area contributed by atoms with Gasteiger partial charge in [0.1, 0.15) is 9.23 Å². The van der Waals surface area contributed by atoms with Crippen molar-refractivity contribution in [3.8, 4) is 10.7 Å². The van der Waals surface area contributed by atoms with Crippen LogP contribution in [0, 0.1) is 6.92 Å². The van der Waals surface area contributed by atoms with E-state index in [0.717, 1.165) is 17.0 Å². The van der Waals surface area contributed by atoms with Crippen LogP contribution >= 0.6 is 22.9 Å². The maximum absolute atomic E-state index is 11.3. The fraction of sp³-hybridized carbons (Fsp3) is 0.0833. The van der Waals surface area contributed by atoms with E-state index in [4.69, 9.17) is 16.7 Å². The first-order valence-corrected chi connectivity index (χ1v) is 9.01. The summed E-state index contributed by atoms with van der Waals surface area (Å²) in [5, 5.41) is 15.2. The normalized spacial score (nSPS) is 11.6. The summed E-state index contributed by atoms with van der Waals surface area (Å²) in [6.45, 7) is 1.87. The third-order valence-electron chi connectivity index (χ3n) is 2.78. The Morgan fingerprint density at radius 1 is 1.39 bits per heavy atom. The van der Waals surface area contributed by atoms with Crippen LogP contribution in [0.5, 0.6) is 0 Å². The number of aromatic amines is 1. The molecule has 23 heavy (non-hydrogen) atoms. The molecule has 0 unspecified atom stereocenters. The Kier molecular flexibility index (Phi) is 4.06. The van der Waals surface area contributed by atoms with Crippen molar-refractivity contribution in [3.63, 3.8) is 0 Å². The van der Waals surface area contributed by atoms with Gasteiger partial charge in [-0.2, -0.15) is 5.10 Å². The third-order valence-corrected chi connectivity index (χ3v) is 5.57. The second kappa shape index (κ2) is 5.89. The molecule has 0 radical (unpaired) electrons. The van der Waals surface area contributed by atoms with Crippen LogP contribution in [0.1, 0.15) is 5.69 Å². The summed E-state index contributed by atoms with van der Waals surface area (Å²) in [4.78, 5) is 8.99. The SMILES string of the molecule is Cc1cc(Nc2nc(-c3ccc(S(N)(=O)=O)s3)ncc2Cl)n[nH]1. The molecule has 4 N–H and O–H groups in total. The van der Waals surface area contributed by atoms with Crippen LogP contribution in [0.3, 0.4) is 0 Å². The molecule has 3 heterocycles. The first-order valence-electron chi connectivity index (χ1n) is 6.27. The van der Waals surface area contributed by atoms with Gasteiger partial charge in [0.05, 0.1) is 11.1 Å². The highest BCUT2D eigenvalue weighted by atomic mass is 35.5. The molecular formula is C12H11ClN6O2S2. The van der Waals surface area contributed by atoms with E-state index in [1.54, 1.807) is 12.1 Å². The van der Waals surface area contributed by atoms with Crippen LogP contribution < -0.4 is 10.5 Å². The number of halogens is 1. The number of H-pyrrole nitrogens is 1. The number of thiophene rings is 1. The smallest absolute Gasteiger partial charge is 0.247 e. The van der Waals surface area contributed by atoms with E-state index >= 15 is 0 Å². The molecular weight excluding hydrogens is 360 g/mol. The number of aryl methyl sites for hydroxylation is 1. The molecule has 11 heteroatoms. The van der Waals surface area contributed by atoms with Crippen molar-refractivity contribution in [2.45, 2.75) is 11.1 Å². The summed E-state index contributed by atoms with van der Waals surface area (Å²) < 4.78 is 22.7. The molecule has 0 amide bonds. The standard InChI is InChI=1S/C12H11ClN6O2S2/c1-6-4-9(19-18-6)16-11-7(13)5-15-12(17-11)8-2-3-10(22-8)23(14,20)21/h2-5H,1H3,(H2,14,20,21)(H2,15,16,17,18,19). The molecule has 0 aliphatic heterocycles. The highest BCUT2D eigenvalue weighted by Crippen LogP contribution is 2.30. The fourth-order valence-corrected chi connectivity index (χ4v) is 3.58. The predicted molar refractivity (Wildman–Crippen MR) is 88.3 cm³/mol. The number of anilines is 2. The zero-order chi connectivity index (χ0) is 16.6. The molecule has 0 atom stereocenters. The second-order valence-electron chi connectivity index (χ2n) is 4.62. The van der Waals surface area contributed by atoms with Crippen molar-refractivity contribution in [2.75, 3.05) is 5.32 Å². The molecule has 3 rings (SSSR count). The van der Waals surface area contributed by atoms with Crippen molar-refractivity contribution in [1.29, 1.82) is 0 Å². The second-order valence-corrected chi connectivity index (χ2v) is 7.89. The van der Waals surface area contributed by atoms with Crippen molar-refractivity contribution in [2.24, 2.45) is 5.14 Å². The van der Waals surface area contributed by atoms with E-state index in [0.29, 0.717) is 27.4 Å². The van der Waals surface area contributed by atoms with E-state index in [2.05, 4.69) is 25.5 Å². The van der Waals surface area contributed by atoms with Gasteiger partial charge in [-0.1, -0.05) is 11.6 Å². The van der Waals surface area contributed by atoms with Gasteiger partial charge in [0.25, 0.3) is 0 Å². The fourth-order valence-electron chi connectivity index (χ4n) is 1.77. The lowest BCUT2D eigenvalue weighted by molar-refractivity contribution is 0.600. The summed E-state index contributed by atoms with van der Waals surface area (Å²) in [6.07, 6.45) is 1.43. The summed E-state index contributed by atoms with van der Waals surface area (Å²) in [6, 6.07) is 4.80. The summed E-state index contributed by atoms with van der Waals surface area (Å²) in [5.74, 6) is 1.27. The summed E-state index contributed by atoms with van der Waals surface area (Å²) in [7, 11) is -3.75. The molecule has 0 aliphatic carbocycles. The number of sulfonamides is 1. The van der Waals surface area contributed by atoms with Crippen LogP contribution in [0.2, 0.25) is 5.02 Å². The highest BCUT2D eigenvalue weighted by molar-refractivity contribution is 7.91. The van der Waals surface area contributed by atoms with Gasteiger partial charge in [0.2, 0.25) is 10.0 Å². The lowest BCUT2D eigenvalue weighted by atomic mass is 10.4. The van der Waals surface area contributed by atoms with Crippen molar-refractivity contribution < 1.29 is 8.42 Å². The summed E-state index contributed by atoms with van der Waals surface area (Å²) >= 11 is 7.07. The first-order chi connectivity index (χ1) is 10.8. The third kappa shape index (κ3) is 3.50. The molecule has 0 fully saturated rings. The van der Waals surface area contributed by atoms with Crippen molar-refractivity contribution in [3.05, 3.63) is 35.1 Å². The van der Waals surface area contributed by atoms with E-state index in [1.165, 1.54) is 12.3 Å². The lowest BCUT2D eigenvalue weighted by Gasteiger charge is -2.05. The number of nitrogens with two attached hydrogens (primary N) is 1. The number of hydrogen-bond acceptors (Lipinski definition) is 7. The lowest BCUT2D eigenvalue weighted by Crippen LogP contribution is -2.09. The topological polar surface area (TPSA) is 127 Å². The van der Waals surface area contributed by atoms with Gasteiger partial charge < -0.3 is 5.32 Å². The average Bonchev–Trinajstić information content (AvgIpc) is 3.10. The highest BCUT2D eigenvalue weighted by Gasteiger charge is 2.15. The number of hydrogen-bond donors (Lipinski definition) is 3. The van der Waals surface area contributed by atoms with Gasteiger partial charge in [-0.25, -0.2) is 23.5 Å². The quantitative estimate of drug-likeness (QED) is 0.646. The maximum Gasteiger partial charge on any atom is 0.247 e. The minimum Gasteiger partial charge on any atom is -0.322 e. The Hall–Kier alpha value is -2.01. The number of nitrogens with one attached hydrogen (secondary N) is 2. The van der Waals surface area contributed by atoms with Crippen LogP contribution in [-0.2, 0) is 10.0 Å². The Balaban J connectivity index is 1.95. The zero-order valence-electron chi connectivity index (χ0n) is 11.7. The van der Waals surface area contributed by atoms with E-state index < -0.39 is 10.0 Å². The van der Waals surface area contributed by atoms with Crippen LogP contribution in [0.4, 0.5) is 11.6 Å². The van der Waals surface area contributed by atoms with Gasteiger partial charge in [0.15, 0.2) is 17.5 Å². The number of nitrogens with zero attached hydrogens (tertiary/aromatic N) is 3. The molecule has 0 spiro atoms. The Morgan fingerprint density at radius 3 is 2.78 bits per heavy atom. The van der Waals surface area contributed by atoms with Gasteiger partial charge in [0, 0.05) is 11.8 Å². The molecule has 0 aromatic carbocycles. The monoisotopic (exact) mass is 370 g/mol. The molecule has 8 nitrogen and oxygen atoms in total. The van der Waals surface area contributed by atoms with Crippen LogP contribution in [0.15, 0.2) is 28.6 Å². The van der Waals surface area contributed by atoms with Crippen molar-refractivity contribution in [1.82, 2.24) is 20.2 Å². The van der Waals surface area contributed by atoms with Crippen molar-refractivity contribution >= 4 is 44.6 Å². The molecule has 120 valence electrons. The number of primary sulfonamides is 1. The van der Waals surface area contributed by atoms with Crippen LogP contribution in [-0.4, -0.2) is 28.6 Å². The van der Waals surface area contributed by atoms with E-state index in [1.807, 2.05) is 6.92 Å². The molecule has 3 aromatic rings. The van der Waals surface area contributed by atoms with Crippen LogP contribution in [0.25, 0.3) is 10.7 Å². The Morgan fingerprint density at radius 2 is 2.17 bits per heavy atom. The molecule has 0 aliphatic rings. The number of aromatic nitrogens is 4. The molecule has 0 saturated heterocycles. The number of rotatable bonds is 4. The van der Waals surface area contributed by atoms with Gasteiger partial charge in [-0.05, 0) is 19.1 Å². The van der Waals surface area contributed by atoms with E-state index in [9.17, 15) is 8.42 Å². The largest absolute Gasteiger partial charge is 0.322 e. The predicted octanol–water partition coefficient (Wildman–Crippen LogP) is 2.28. The van der Waals surface area contributed by atoms with E-state index in [-0.39, 0.29) is 4.21 Å². The Bertz CT molecular complexity index is 966. The maximum atomic E-state index is 11.3. The van der Waals surface area contributed by atoms with Gasteiger partial charge >= 0.3 is 0 Å².